The van der Waals surface area contributed by atoms with Crippen molar-refractivity contribution >= 4 is 16.9 Å². The highest BCUT2D eigenvalue weighted by Gasteiger charge is 2.34. The van der Waals surface area contributed by atoms with E-state index >= 15 is 4.39 Å². The first-order chi connectivity index (χ1) is 16.0. The fourth-order valence-electron chi connectivity index (χ4n) is 4.39. The lowest BCUT2D eigenvalue weighted by molar-refractivity contribution is 0.0668. The van der Waals surface area contributed by atoms with Crippen LogP contribution in [0.15, 0.2) is 60.9 Å². The Balaban J connectivity index is 1.49. The third kappa shape index (κ3) is 4.14. The number of halogens is 1. The minimum Gasteiger partial charge on any atom is -0.457 e. The van der Waals surface area contributed by atoms with E-state index in [0.717, 1.165) is 17.9 Å². The summed E-state index contributed by atoms with van der Waals surface area (Å²) in [6.07, 6.45) is 1.02. The number of aromatic nitrogens is 4. The van der Waals surface area contributed by atoms with Crippen LogP contribution in [0.1, 0.15) is 26.3 Å². The van der Waals surface area contributed by atoms with Gasteiger partial charge in [-0.2, -0.15) is 5.10 Å². The Hall–Kier alpha value is -3.52. The second kappa shape index (κ2) is 8.78. The van der Waals surface area contributed by atoms with Gasteiger partial charge >= 0.3 is 0 Å². The second-order valence-corrected chi connectivity index (χ2v) is 8.65. The third-order valence-corrected chi connectivity index (χ3v) is 6.21. The number of anilines is 1. The minimum absolute atomic E-state index is 0.309. The first-order valence-electron chi connectivity index (χ1n) is 11.2. The number of para-hydroxylation sites is 1. The number of likely N-dealkylation sites (tertiary alicyclic amines) is 1. The van der Waals surface area contributed by atoms with E-state index in [1.54, 1.807) is 4.68 Å². The molecule has 33 heavy (non-hydrogen) atoms. The van der Waals surface area contributed by atoms with E-state index < -0.39 is 12.2 Å². The van der Waals surface area contributed by atoms with Gasteiger partial charge in [-0.1, -0.05) is 18.2 Å². The first-order valence-corrected chi connectivity index (χ1v) is 11.2. The second-order valence-electron chi connectivity index (χ2n) is 8.65. The van der Waals surface area contributed by atoms with Crippen LogP contribution in [0.3, 0.4) is 0 Å². The van der Waals surface area contributed by atoms with Crippen LogP contribution in [-0.4, -0.2) is 50.0 Å². The van der Waals surface area contributed by atoms with Gasteiger partial charge in [0.15, 0.2) is 5.65 Å². The Morgan fingerprint density at radius 2 is 1.76 bits per heavy atom. The zero-order valence-corrected chi connectivity index (χ0v) is 18.7. The van der Waals surface area contributed by atoms with Gasteiger partial charge in [-0.3, -0.25) is 4.90 Å². The maximum absolute atomic E-state index is 15.3. The van der Waals surface area contributed by atoms with Crippen molar-refractivity contribution in [3.8, 4) is 22.8 Å². The minimum atomic E-state index is -1.05. The summed E-state index contributed by atoms with van der Waals surface area (Å²) in [6.45, 7) is 5.37. The van der Waals surface area contributed by atoms with Gasteiger partial charge in [0.25, 0.3) is 0 Å². The van der Waals surface area contributed by atoms with Gasteiger partial charge < -0.3 is 10.5 Å². The molecule has 4 aromatic rings. The Kier molecular flexibility index (Phi) is 5.68. The van der Waals surface area contributed by atoms with E-state index in [1.807, 2.05) is 54.6 Å². The number of fused-ring (bicyclic) bond motifs is 1. The molecule has 2 aromatic heterocycles. The van der Waals surface area contributed by atoms with Gasteiger partial charge in [-0.05, 0) is 56.7 Å². The SMILES string of the molecule is CC(C)N1CC[C@@H](n2nc(-c3ccc(Oc4ccccc4)cc3)c3c(N)ncnc32)[C@@H](F)C1. The number of rotatable bonds is 5. The van der Waals surface area contributed by atoms with Crippen molar-refractivity contribution < 1.29 is 9.13 Å². The molecule has 0 amide bonds. The highest BCUT2D eigenvalue weighted by molar-refractivity contribution is 5.98. The van der Waals surface area contributed by atoms with Crippen LogP contribution in [0.5, 0.6) is 11.5 Å². The zero-order chi connectivity index (χ0) is 22.9. The van der Waals surface area contributed by atoms with Crippen molar-refractivity contribution in [2.45, 2.75) is 38.5 Å². The van der Waals surface area contributed by atoms with E-state index in [2.05, 4.69) is 28.7 Å². The molecule has 5 rings (SSSR count). The summed E-state index contributed by atoms with van der Waals surface area (Å²) >= 11 is 0. The van der Waals surface area contributed by atoms with Gasteiger partial charge in [0.2, 0.25) is 0 Å². The first kappa shape index (κ1) is 21.3. The number of ether oxygens (including phenoxy) is 1. The van der Waals surface area contributed by atoms with Crippen LogP contribution in [-0.2, 0) is 0 Å². The molecule has 170 valence electrons. The van der Waals surface area contributed by atoms with E-state index in [0.29, 0.717) is 47.3 Å². The summed E-state index contributed by atoms with van der Waals surface area (Å²) in [5, 5.41) is 5.46. The van der Waals surface area contributed by atoms with E-state index in [9.17, 15) is 0 Å². The fraction of sp³-hybridized carbons (Fsp3) is 0.320. The Morgan fingerprint density at radius 3 is 2.45 bits per heavy atom. The lowest BCUT2D eigenvalue weighted by Crippen LogP contribution is -2.45. The molecule has 1 saturated heterocycles. The molecule has 2 N–H and O–H groups in total. The molecular formula is C25H27FN6O. The number of hydrogen-bond acceptors (Lipinski definition) is 6. The summed E-state index contributed by atoms with van der Waals surface area (Å²) in [5.41, 5.74) is 8.29. The third-order valence-electron chi connectivity index (χ3n) is 6.21. The molecule has 7 nitrogen and oxygen atoms in total. The van der Waals surface area contributed by atoms with Crippen LogP contribution < -0.4 is 10.5 Å². The van der Waals surface area contributed by atoms with Crippen molar-refractivity contribution in [1.82, 2.24) is 24.6 Å². The highest BCUT2D eigenvalue weighted by Crippen LogP contribution is 2.36. The summed E-state index contributed by atoms with van der Waals surface area (Å²) < 4.78 is 22.9. The monoisotopic (exact) mass is 446 g/mol. The summed E-state index contributed by atoms with van der Waals surface area (Å²) in [7, 11) is 0. The largest absolute Gasteiger partial charge is 0.457 e. The van der Waals surface area contributed by atoms with Crippen LogP contribution >= 0.6 is 0 Å². The number of hydrogen-bond donors (Lipinski definition) is 1. The quantitative estimate of drug-likeness (QED) is 0.471. The van der Waals surface area contributed by atoms with E-state index in [1.165, 1.54) is 6.33 Å². The number of benzene rings is 2. The molecule has 0 bridgehead atoms. The zero-order valence-electron chi connectivity index (χ0n) is 18.7. The normalized spacial score (nSPS) is 19.3. The van der Waals surface area contributed by atoms with Gasteiger partial charge in [0.05, 0.1) is 11.4 Å². The number of piperidine rings is 1. The predicted octanol–water partition coefficient (Wildman–Crippen LogP) is 4.86. The topological polar surface area (TPSA) is 82.1 Å². The average molecular weight is 447 g/mol. The summed E-state index contributed by atoms with van der Waals surface area (Å²) in [5.74, 6) is 1.81. The van der Waals surface area contributed by atoms with Crippen molar-refractivity contribution in [3.63, 3.8) is 0 Å². The molecule has 8 heteroatoms. The maximum atomic E-state index is 15.3. The molecule has 1 fully saturated rings. The Labute approximate surface area is 192 Å². The number of alkyl halides is 1. The molecule has 0 aliphatic carbocycles. The Bertz CT molecular complexity index is 1240. The molecule has 2 aromatic carbocycles. The van der Waals surface area contributed by atoms with Crippen LogP contribution in [0.2, 0.25) is 0 Å². The molecule has 0 unspecified atom stereocenters. The molecule has 3 heterocycles. The standard InChI is InChI=1S/C25H27FN6O/c1-16(2)31-13-12-21(20(26)14-31)32-25-22(24(27)28-15-29-25)23(30-32)17-8-10-19(11-9-17)33-18-6-4-3-5-7-18/h3-11,15-16,20-21H,12-14H2,1-2H3,(H2,27,28,29)/t20-,21+/m0/s1. The van der Waals surface area contributed by atoms with E-state index in [-0.39, 0.29) is 0 Å². The lowest BCUT2D eigenvalue weighted by atomic mass is 10.0. The predicted molar refractivity (Wildman–Crippen MR) is 127 cm³/mol. The Morgan fingerprint density at radius 1 is 1.03 bits per heavy atom. The van der Waals surface area contributed by atoms with Gasteiger partial charge in [-0.15, -0.1) is 0 Å². The maximum Gasteiger partial charge on any atom is 0.164 e. The lowest BCUT2D eigenvalue weighted by Gasteiger charge is -2.37. The van der Waals surface area contributed by atoms with Crippen LogP contribution in [0, 0.1) is 0 Å². The highest BCUT2D eigenvalue weighted by atomic mass is 19.1. The smallest absolute Gasteiger partial charge is 0.164 e. The summed E-state index contributed by atoms with van der Waals surface area (Å²) in [4.78, 5) is 10.8. The molecule has 1 aliphatic rings. The van der Waals surface area contributed by atoms with Crippen molar-refractivity contribution in [2.75, 3.05) is 18.8 Å². The molecule has 2 atom stereocenters. The van der Waals surface area contributed by atoms with Gasteiger partial charge in [0.1, 0.15) is 35.5 Å². The fourth-order valence-corrected chi connectivity index (χ4v) is 4.39. The molecule has 1 aliphatic heterocycles. The van der Waals surface area contributed by atoms with Crippen molar-refractivity contribution in [2.24, 2.45) is 0 Å². The summed E-state index contributed by atoms with van der Waals surface area (Å²) in [6, 6.07) is 17.1. The number of nitrogen functional groups attached to an aromatic ring is 1. The van der Waals surface area contributed by atoms with Gasteiger partial charge in [0, 0.05) is 24.7 Å². The number of nitrogens with zero attached hydrogens (tertiary/aromatic N) is 5. The van der Waals surface area contributed by atoms with Gasteiger partial charge in [-0.25, -0.2) is 19.0 Å². The molecule has 0 radical (unpaired) electrons. The molecular weight excluding hydrogens is 419 g/mol. The van der Waals surface area contributed by atoms with Crippen molar-refractivity contribution in [3.05, 3.63) is 60.9 Å². The average Bonchev–Trinajstić information content (AvgIpc) is 3.21. The van der Waals surface area contributed by atoms with Crippen LogP contribution in [0.25, 0.3) is 22.3 Å². The van der Waals surface area contributed by atoms with E-state index in [4.69, 9.17) is 15.6 Å². The number of nitrogens with two attached hydrogens (primary N) is 1. The molecule has 0 spiro atoms. The molecule has 0 saturated carbocycles. The van der Waals surface area contributed by atoms with Crippen LogP contribution in [0.4, 0.5) is 10.2 Å². The van der Waals surface area contributed by atoms with Crippen molar-refractivity contribution in [1.29, 1.82) is 0 Å².